The zero-order valence-electron chi connectivity index (χ0n) is 28.6. The Morgan fingerprint density at radius 1 is 0.860 bits per heavy atom. The van der Waals surface area contributed by atoms with Crippen LogP contribution in [0.3, 0.4) is 0 Å². The zero-order valence-corrected chi connectivity index (χ0v) is 28.6. The molecule has 2 heterocycles. The van der Waals surface area contributed by atoms with E-state index in [1.165, 1.54) is 52.8 Å². The first-order chi connectivity index (χ1) is 24.2. The van der Waals surface area contributed by atoms with Crippen LogP contribution < -0.4 is 38.6 Å². The summed E-state index contributed by atoms with van der Waals surface area (Å²) < 4.78 is 62.5. The molecule has 4 aromatic rings. The highest BCUT2D eigenvalue weighted by Crippen LogP contribution is 2.41. The molecule has 0 atom stereocenters. The summed E-state index contributed by atoms with van der Waals surface area (Å²) in [4.78, 5) is 28.3. The number of halogens is 2. The number of methoxy groups -OCH3 is 4. The maximum absolute atomic E-state index is 14.5. The summed E-state index contributed by atoms with van der Waals surface area (Å²) >= 11 is 0. The summed E-state index contributed by atoms with van der Waals surface area (Å²) in [5.41, 5.74) is 0.650. The maximum atomic E-state index is 14.5. The number of benzene rings is 3. The van der Waals surface area contributed by atoms with Crippen molar-refractivity contribution in [3.63, 3.8) is 0 Å². The van der Waals surface area contributed by atoms with Gasteiger partial charge in [-0.2, -0.15) is 4.98 Å². The van der Waals surface area contributed by atoms with E-state index >= 15 is 0 Å². The first-order valence-corrected chi connectivity index (χ1v) is 15.8. The number of hydrogen-bond acceptors (Lipinski definition) is 12. The van der Waals surface area contributed by atoms with Crippen LogP contribution >= 0.6 is 0 Å². The molecule has 50 heavy (non-hydrogen) atoms. The molecule has 1 aliphatic rings. The molecule has 1 saturated heterocycles. The van der Waals surface area contributed by atoms with Gasteiger partial charge in [-0.25, -0.2) is 23.5 Å². The second-order valence-electron chi connectivity index (χ2n) is 11.2. The van der Waals surface area contributed by atoms with Crippen LogP contribution in [0.4, 0.5) is 36.7 Å². The van der Waals surface area contributed by atoms with Crippen LogP contribution in [0.15, 0.2) is 60.8 Å². The van der Waals surface area contributed by atoms with Gasteiger partial charge in [0.15, 0.2) is 23.1 Å². The molecule has 0 aliphatic carbocycles. The molecule has 0 spiro atoms. The molecule has 0 bridgehead atoms. The number of hydrogen-bond donors (Lipinski definition) is 1. The molecule has 1 fully saturated rings. The van der Waals surface area contributed by atoms with Gasteiger partial charge in [-0.1, -0.05) is 6.07 Å². The van der Waals surface area contributed by atoms with Crippen molar-refractivity contribution in [1.82, 2.24) is 19.8 Å². The molecule has 0 saturated carbocycles. The van der Waals surface area contributed by atoms with Crippen molar-refractivity contribution in [3.8, 4) is 34.5 Å². The topological polar surface area (TPSA) is 120 Å². The van der Waals surface area contributed by atoms with E-state index in [-0.39, 0.29) is 23.2 Å². The highest BCUT2D eigenvalue weighted by Gasteiger charge is 2.28. The Morgan fingerprint density at radius 3 is 2.26 bits per heavy atom. The maximum Gasteiger partial charge on any atom is 0.425 e. The van der Waals surface area contributed by atoms with E-state index in [9.17, 15) is 13.6 Å². The zero-order chi connectivity index (χ0) is 35.6. The SMILES string of the molecule is COc1ccc(N(C(=O)Oc2c(F)cccc2F)c2ccnc(Nc3cc(OC)c(OC)c(OCCCN4CCN(C)CC4)c3)n2)c(OC)c1. The molecule has 13 nitrogen and oxygen atoms in total. The number of amides is 1. The van der Waals surface area contributed by atoms with Crippen molar-refractivity contribution >= 4 is 29.2 Å². The van der Waals surface area contributed by atoms with E-state index in [2.05, 4.69) is 32.1 Å². The van der Waals surface area contributed by atoms with E-state index < -0.39 is 23.5 Å². The average Bonchev–Trinajstić information content (AvgIpc) is 3.12. The predicted octanol–water partition coefficient (Wildman–Crippen LogP) is 5.89. The molecule has 1 N–H and O–H groups in total. The third-order valence-corrected chi connectivity index (χ3v) is 7.96. The van der Waals surface area contributed by atoms with Crippen molar-refractivity contribution in [1.29, 1.82) is 0 Å². The van der Waals surface area contributed by atoms with E-state index in [0.29, 0.717) is 35.3 Å². The van der Waals surface area contributed by atoms with Gasteiger partial charge in [0.25, 0.3) is 0 Å². The third-order valence-electron chi connectivity index (χ3n) is 7.96. The van der Waals surface area contributed by atoms with Crippen molar-refractivity contribution in [2.24, 2.45) is 0 Å². The standard InChI is InChI=1S/C35H40F2N6O7/c1-41-15-17-42(18-16-41)14-7-19-49-30-21-23(20-29(47-4)33(30)48-5)39-34-38-13-12-31(40-34)43(27-11-10-24(45-2)22-28(27)46-3)35(44)50-32-25(36)8-6-9-26(32)37/h6,8-13,20-22H,7,14-19H2,1-5H3,(H,38,39,40). The molecule has 1 aromatic heterocycles. The summed E-state index contributed by atoms with van der Waals surface area (Å²) in [6, 6.07) is 12.6. The Kier molecular flexibility index (Phi) is 12.1. The number of likely N-dealkylation sites (N-methyl/N-ethyl adjacent to an activating group) is 1. The Bertz CT molecular complexity index is 1750. The minimum atomic E-state index is -1.17. The van der Waals surface area contributed by atoms with Gasteiger partial charge in [0.1, 0.15) is 17.3 Å². The van der Waals surface area contributed by atoms with Crippen LogP contribution in [-0.2, 0) is 0 Å². The van der Waals surface area contributed by atoms with Crippen molar-refractivity contribution in [2.75, 3.05) is 85.0 Å². The normalized spacial score (nSPS) is 13.3. The van der Waals surface area contributed by atoms with Gasteiger partial charge in [-0.3, -0.25) is 0 Å². The number of carbonyl (C=O) groups excluding carboxylic acids is 1. The van der Waals surface area contributed by atoms with Crippen LogP contribution in [0.25, 0.3) is 0 Å². The van der Waals surface area contributed by atoms with E-state index in [1.807, 2.05) is 0 Å². The molecular formula is C35H40F2N6O7. The van der Waals surface area contributed by atoms with Crippen LogP contribution in [0, 0.1) is 11.6 Å². The Labute approximate surface area is 289 Å². The van der Waals surface area contributed by atoms with Gasteiger partial charge < -0.3 is 43.5 Å². The highest BCUT2D eigenvalue weighted by molar-refractivity contribution is 5.98. The Hall–Kier alpha value is -5.41. The second kappa shape index (κ2) is 16.8. The van der Waals surface area contributed by atoms with Gasteiger partial charge in [0.2, 0.25) is 17.4 Å². The molecular weight excluding hydrogens is 654 g/mol. The minimum absolute atomic E-state index is 0.00595. The van der Waals surface area contributed by atoms with E-state index in [0.717, 1.165) is 62.2 Å². The molecule has 266 valence electrons. The number of para-hydroxylation sites is 1. The highest BCUT2D eigenvalue weighted by atomic mass is 19.1. The summed E-state index contributed by atoms with van der Waals surface area (Å²) in [7, 11) is 8.04. The fraction of sp³-hybridized carbons (Fsp3) is 0.343. The smallest absolute Gasteiger partial charge is 0.425 e. The number of carbonyl (C=O) groups is 1. The predicted molar refractivity (Wildman–Crippen MR) is 183 cm³/mol. The van der Waals surface area contributed by atoms with Crippen molar-refractivity contribution in [3.05, 3.63) is 72.4 Å². The number of piperazine rings is 1. The van der Waals surface area contributed by atoms with Gasteiger partial charge >= 0.3 is 6.09 Å². The van der Waals surface area contributed by atoms with E-state index in [1.54, 1.807) is 18.2 Å². The Balaban J connectivity index is 1.42. The summed E-state index contributed by atoms with van der Waals surface area (Å²) in [6.07, 6.45) is 1.05. The van der Waals surface area contributed by atoms with Crippen molar-refractivity contribution < 1.29 is 42.0 Å². The lowest BCUT2D eigenvalue weighted by Gasteiger charge is -2.32. The third kappa shape index (κ3) is 8.59. The summed E-state index contributed by atoms with van der Waals surface area (Å²) in [5, 5.41) is 3.12. The number of ether oxygens (including phenoxy) is 6. The Morgan fingerprint density at radius 2 is 1.58 bits per heavy atom. The largest absolute Gasteiger partial charge is 0.497 e. The average molecular weight is 695 g/mol. The fourth-order valence-corrected chi connectivity index (χ4v) is 5.31. The fourth-order valence-electron chi connectivity index (χ4n) is 5.31. The minimum Gasteiger partial charge on any atom is -0.497 e. The molecule has 15 heteroatoms. The first kappa shape index (κ1) is 35.9. The number of anilines is 4. The first-order valence-electron chi connectivity index (χ1n) is 15.8. The number of aromatic nitrogens is 2. The van der Waals surface area contributed by atoms with Crippen LogP contribution in [0.2, 0.25) is 0 Å². The van der Waals surface area contributed by atoms with Gasteiger partial charge in [0.05, 0.1) is 40.7 Å². The molecule has 0 radical (unpaired) electrons. The van der Waals surface area contributed by atoms with Crippen LogP contribution in [0.1, 0.15) is 6.42 Å². The molecule has 1 aliphatic heterocycles. The monoisotopic (exact) mass is 694 g/mol. The molecule has 0 unspecified atom stereocenters. The lowest BCUT2D eigenvalue weighted by Crippen LogP contribution is -2.44. The number of rotatable bonds is 14. The summed E-state index contributed by atoms with van der Waals surface area (Å²) in [6.45, 7) is 5.48. The second-order valence-corrected chi connectivity index (χ2v) is 11.2. The van der Waals surface area contributed by atoms with Gasteiger partial charge in [0, 0.05) is 68.9 Å². The van der Waals surface area contributed by atoms with Gasteiger partial charge in [-0.15, -0.1) is 0 Å². The van der Waals surface area contributed by atoms with Crippen molar-refractivity contribution in [2.45, 2.75) is 6.42 Å². The van der Waals surface area contributed by atoms with Crippen LogP contribution in [-0.4, -0.2) is 101 Å². The number of nitrogens with one attached hydrogen (secondary N) is 1. The lowest BCUT2D eigenvalue weighted by molar-refractivity contribution is 0.145. The lowest BCUT2D eigenvalue weighted by atomic mass is 10.2. The quantitative estimate of drug-likeness (QED) is 0.159. The van der Waals surface area contributed by atoms with Crippen LogP contribution in [0.5, 0.6) is 34.5 Å². The summed E-state index contributed by atoms with van der Waals surface area (Å²) in [5.74, 6) is -1.02. The number of nitrogens with zero attached hydrogens (tertiary/aromatic N) is 5. The van der Waals surface area contributed by atoms with E-state index in [4.69, 9.17) is 28.4 Å². The van der Waals surface area contributed by atoms with Gasteiger partial charge in [-0.05, 0) is 37.7 Å². The molecule has 5 rings (SSSR count). The molecule has 3 aromatic carbocycles. The molecule has 1 amide bonds.